The zero-order valence-corrected chi connectivity index (χ0v) is 22.9. The Hall–Kier alpha value is -2.20. The molecule has 1 aliphatic heterocycles. The van der Waals surface area contributed by atoms with Gasteiger partial charge in [-0.25, -0.2) is 0 Å². The number of hydrogen-bond donors (Lipinski definition) is 1. The molecular formula is C28H43ClO4. The molecule has 1 N–H and O–H groups in total. The number of rotatable bonds is 6. The quantitative estimate of drug-likeness (QED) is 0.453. The zero-order chi connectivity index (χ0) is 25.8. The highest BCUT2D eigenvalue weighted by atomic mass is 35.5. The summed E-state index contributed by atoms with van der Waals surface area (Å²) in [6, 6.07) is 7.68. The van der Waals surface area contributed by atoms with Crippen molar-refractivity contribution < 1.29 is 19.4 Å². The Morgan fingerprint density at radius 3 is 2.21 bits per heavy atom. The van der Waals surface area contributed by atoms with E-state index in [0.717, 1.165) is 45.7 Å². The second-order valence-corrected chi connectivity index (χ2v) is 8.17. The first-order chi connectivity index (χ1) is 15.7. The van der Waals surface area contributed by atoms with Gasteiger partial charge in [-0.2, -0.15) is 0 Å². The number of fused-ring (bicyclic) bond motifs is 1. The Balaban J connectivity index is 0.00000158. The average Bonchev–Trinajstić information content (AvgIpc) is 3.11. The monoisotopic (exact) mass is 478 g/mol. The van der Waals surface area contributed by atoms with Crippen LogP contribution in [0.15, 0.2) is 24.3 Å². The van der Waals surface area contributed by atoms with Gasteiger partial charge >= 0.3 is 5.97 Å². The average molecular weight is 479 g/mol. The Labute approximate surface area is 206 Å². The van der Waals surface area contributed by atoms with Gasteiger partial charge in [-0.1, -0.05) is 59.2 Å². The number of aliphatic carboxylic acids is 1. The molecule has 4 nitrogen and oxygen atoms in total. The number of ether oxygens (including phenoxy) is 2. The standard InChI is InChI=1S/C22H25ClO4.3C2H6/c1-13-14(2)19(7-5-15(13)6-8-21(24)25)26-12-16-9-17(23)10-20-18(16)11-22(3,4)27-20;3*1-2/h5,7,9-10H,6,8,11-12H2,1-4H3,(H,24,25);3*1-2H3. The van der Waals surface area contributed by atoms with Crippen LogP contribution in [0.25, 0.3) is 0 Å². The van der Waals surface area contributed by atoms with E-state index >= 15 is 0 Å². The minimum absolute atomic E-state index is 0.130. The molecule has 0 spiro atoms. The second kappa shape index (κ2) is 14.8. The number of carbonyl (C=O) groups is 1. The van der Waals surface area contributed by atoms with Gasteiger partial charge in [0.1, 0.15) is 23.7 Å². The van der Waals surface area contributed by atoms with E-state index in [9.17, 15) is 4.79 Å². The molecule has 1 aliphatic rings. The topological polar surface area (TPSA) is 55.8 Å². The van der Waals surface area contributed by atoms with E-state index in [4.69, 9.17) is 26.2 Å². The van der Waals surface area contributed by atoms with Crippen molar-refractivity contribution in [3.8, 4) is 11.5 Å². The first-order valence-electron chi connectivity index (χ1n) is 12.1. The Kier molecular flexibility index (Phi) is 13.9. The lowest BCUT2D eigenvalue weighted by atomic mass is 9.97. The summed E-state index contributed by atoms with van der Waals surface area (Å²) >= 11 is 6.26. The molecule has 0 saturated carbocycles. The minimum atomic E-state index is -0.785. The summed E-state index contributed by atoms with van der Waals surface area (Å²) in [5, 5.41) is 9.53. The zero-order valence-electron chi connectivity index (χ0n) is 22.2. The normalized spacial score (nSPS) is 12.5. The molecule has 33 heavy (non-hydrogen) atoms. The van der Waals surface area contributed by atoms with Gasteiger partial charge in [0, 0.05) is 23.4 Å². The maximum absolute atomic E-state index is 10.8. The Bertz CT molecular complexity index is 888. The molecule has 0 aromatic heterocycles. The van der Waals surface area contributed by atoms with E-state index < -0.39 is 5.97 Å². The van der Waals surface area contributed by atoms with Crippen molar-refractivity contribution in [1.82, 2.24) is 0 Å². The highest BCUT2D eigenvalue weighted by Crippen LogP contribution is 2.39. The lowest BCUT2D eigenvalue weighted by molar-refractivity contribution is -0.136. The third-order valence-electron chi connectivity index (χ3n) is 5.10. The summed E-state index contributed by atoms with van der Waals surface area (Å²) in [4.78, 5) is 10.8. The fourth-order valence-electron chi connectivity index (χ4n) is 3.52. The van der Waals surface area contributed by atoms with E-state index in [2.05, 4.69) is 13.8 Å². The molecule has 5 heteroatoms. The van der Waals surface area contributed by atoms with Crippen molar-refractivity contribution in [1.29, 1.82) is 0 Å². The molecule has 3 rings (SSSR count). The van der Waals surface area contributed by atoms with Crippen molar-refractivity contribution in [2.45, 2.75) is 101 Å². The van der Waals surface area contributed by atoms with Crippen LogP contribution < -0.4 is 9.47 Å². The fourth-order valence-corrected chi connectivity index (χ4v) is 3.75. The third-order valence-corrected chi connectivity index (χ3v) is 5.31. The molecule has 0 atom stereocenters. The van der Waals surface area contributed by atoms with Gasteiger partial charge in [0.05, 0.1) is 0 Å². The van der Waals surface area contributed by atoms with Crippen LogP contribution in [0, 0.1) is 13.8 Å². The van der Waals surface area contributed by atoms with Crippen molar-refractivity contribution in [3.05, 3.63) is 57.1 Å². The molecule has 0 unspecified atom stereocenters. The summed E-state index contributed by atoms with van der Waals surface area (Å²) < 4.78 is 12.1. The van der Waals surface area contributed by atoms with Gasteiger partial charge in [0.2, 0.25) is 0 Å². The number of carboxylic acids is 1. The molecule has 186 valence electrons. The molecule has 0 radical (unpaired) electrons. The van der Waals surface area contributed by atoms with Crippen LogP contribution in [0.2, 0.25) is 5.02 Å². The number of halogens is 1. The van der Waals surface area contributed by atoms with Crippen LogP contribution in [0.1, 0.15) is 89.6 Å². The molecule has 0 saturated heterocycles. The summed E-state index contributed by atoms with van der Waals surface area (Å²) in [6.07, 6.45) is 1.48. The molecule has 2 aromatic rings. The number of benzene rings is 2. The summed E-state index contributed by atoms with van der Waals surface area (Å²) in [6.45, 7) is 20.6. The maximum atomic E-state index is 10.8. The van der Waals surface area contributed by atoms with Crippen LogP contribution in [0.5, 0.6) is 11.5 Å². The van der Waals surface area contributed by atoms with Gasteiger partial charge < -0.3 is 14.6 Å². The molecule has 0 amide bonds. The van der Waals surface area contributed by atoms with Crippen LogP contribution in [-0.2, 0) is 24.2 Å². The van der Waals surface area contributed by atoms with Crippen molar-refractivity contribution in [2.24, 2.45) is 0 Å². The number of hydrogen-bond acceptors (Lipinski definition) is 3. The first-order valence-corrected chi connectivity index (χ1v) is 12.5. The van der Waals surface area contributed by atoms with Crippen LogP contribution in [0.3, 0.4) is 0 Å². The van der Waals surface area contributed by atoms with Crippen LogP contribution in [0.4, 0.5) is 0 Å². The van der Waals surface area contributed by atoms with Crippen molar-refractivity contribution in [3.63, 3.8) is 0 Å². The van der Waals surface area contributed by atoms with Crippen molar-refractivity contribution >= 4 is 17.6 Å². The van der Waals surface area contributed by atoms with E-state index in [0.29, 0.717) is 18.1 Å². The van der Waals surface area contributed by atoms with Crippen LogP contribution >= 0.6 is 11.6 Å². The summed E-state index contributed by atoms with van der Waals surface area (Å²) in [5.41, 5.74) is 5.11. The lowest BCUT2D eigenvalue weighted by Crippen LogP contribution is -2.24. The summed E-state index contributed by atoms with van der Waals surface area (Å²) in [7, 11) is 0. The van der Waals surface area contributed by atoms with Gasteiger partial charge in [-0.3, -0.25) is 4.79 Å². The first kappa shape index (κ1) is 30.8. The second-order valence-electron chi connectivity index (χ2n) is 7.74. The SMILES string of the molecule is CC.CC.CC.Cc1c(CCC(=O)O)ccc(OCc2cc(Cl)cc3c2CC(C)(C)O3)c1C. The smallest absolute Gasteiger partial charge is 0.303 e. The van der Waals surface area contributed by atoms with Crippen LogP contribution in [-0.4, -0.2) is 16.7 Å². The highest BCUT2D eigenvalue weighted by molar-refractivity contribution is 6.30. The minimum Gasteiger partial charge on any atom is -0.489 e. The maximum Gasteiger partial charge on any atom is 0.303 e. The van der Waals surface area contributed by atoms with E-state index in [1.807, 2.05) is 79.7 Å². The largest absolute Gasteiger partial charge is 0.489 e. The van der Waals surface area contributed by atoms with Gasteiger partial charge in [-0.15, -0.1) is 0 Å². The van der Waals surface area contributed by atoms with E-state index in [1.165, 1.54) is 0 Å². The summed E-state index contributed by atoms with van der Waals surface area (Å²) in [5.74, 6) is 0.855. The van der Waals surface area contributed by atoms with E-state index in [-0.39, 0.29) is 12.0 Å². The molecular weight excluding hydrogens is 436 g/mol. The third kappa shape index (κ3) is 8.92. The van der Waals surface area contributed by atoms with Crippen molar-refractivity contribution in [2.75, 3.05) is 0 Å². The lowest BCUT2D eigenvalue weighted by Gasteiger charge is -2.16. The highest BCUT2D eigenvalue weighted by Gasteiger charge is 2.32. The van der Waals surface area contributed by atoms with Gasteiger partial charge in [0.25, 0.3) is 0 Å². The van der Waals surface area contributed by atoms with E-state index in [1.54, 1.807) is 0 Å². The fraction of sp³-hybridized carbons (Fsp3) is 0.536. The number of aryl methyl sites for hydroxylation is 1. The van der Waals surface area contributed by atoms with Gasteiger partial charge in [-0.05, 0) is 74.6 Å². The molecule has 2 aromatic carbocycles. The number of carboxylic acid groups (broad SMARTS) is 1. The molecule has 0 bridgehead atoms. The van der Waals surface area contributed by atoms with Gasteiger partial charge in [0.15, 0.2) is 0 Å². The molecule has 1 heterocycles. The predicted octanol–water partition coefficient (Wildman–Crippen LogP) is 8.35. The predicted molar refractivity (Wildman–Crippen MR) is 140 cm³/mol. The Morgan fingerprint density at radius 1 is 1.03 bits per heavy atom. The Morgan fingerprint density at radius 2 is 1.64 bits per heavy atom. The molecule has 0 fully saturated rings. The molecule has 0 aliphatic carbocycles.